The summed E-state index contributed by atoms with van der Waals surface area (Å²) in [7, 11) is -3.80. The summed E-state index contributed by atoms with van der Waals surface area (Å²) in [5.41, 5.74) is -2.03. The molecule has 0 aromatic heterocycles. The van der Waals surface area contributed by atoms with E-state index < -0.39 is 30.2 Å². The molecule has 138 valence electrons. The highest BCUT2D eigenvalue weighted by Gasteiger charge is 2.62. The molecular formula is C12H16Cl4NO6P. The van der Waals surface area contributed by atoms with Crippen molar-refractivity contribution in [1.82, 2.24) is 5.32 Å². The van der Waals surface area contributed by atoms with Crippen molar-refractivity contribution in [2.75, 3.05) is 7.05 Å². The van der Waals surface area contributed by atoms with E-state index in [0.29, 0.717) is 0 Å². The van der Waals surface area contributed by atoms with Gasteiger partial charge in [-0.25, -0.2) is 9.36 Å². The van der Waals surface area contributed by atoms with Gasteiger partial charge in [0.1, 0.15) is 9.91 Å². The van der Waals surface area contributed by atoms with E-state index in [2.05, 4.69) is 5.32 Å². The molecule has 0 saturated carbocycles. The number of carbonyl (C=O) groups excluding carboxylic acids is 1. The number of phosphoric acid groups is 1. The SMILES string of the molecule is CCC1(Cl)C(Cl)=C(Cl)C(Cl)=C(OC(=O)NC)C1(CC)OP(=O)(O)O. The average molecular weight is 443 g/mol. The molecule has 0 aromatic rings. The van der Waals surface area contributed by atoms with E-state index in [9.17, 15) is 19.1 Å². The number of alkyl halides is 1. The van der Waals surface area contributed by atoms with Gasteiger partial charge < -0.3 is 19.8 Å². The molecule has 0 bridgehead atoms. The first kappa shape index (κ1) is 22.1. The molecular weight excluding hydrogens is 427 g/mol. The fourth-order valence-electron chi connectivity index (χ4n) is 2.44. The first-order valence-corrected chi connectivity index (χ1v) is 9.75. The monoisotopic (exact) mass is 441 g/mol. The highest BCUT2D eigenvalue weighted by atomic mass is 35.5. The summed E-state index contributed by atoms with van der Waals surface area (Å²) in [6.45, 7) is 3.12. The van der Waals surface area contributed by atoms with Gasteiger partial charge in [-0.05, 0) is 12.8 Å². The van der Waals surface area contributed by atoms with Crippen LogP contribution in [0.25, 0.3) is 0 Å². The largest absolute Gasteiger partial charge is 0.470 e. The van der Waals surface area contributed by atoms with Crippen LogP contribution in [0.4, 0.5) is 4.79 Å². The lowest BCUT2D eigenvalue weighted by Gasteiger charge is -2.48. The van der Waals surface area contributed by atoms with Gasteiger partial charge in [-0.1, -0.05) is 48.7 Å². The van der Waals surface area contributed by atoms with E-state index in [4.69, 9.17) is 55.7 Å². The Morgan fingerprint density at radius 1 is 1.21 bits per heavy atom. The topological polar surface area (TPSA) is 105 Å². The number of halogens is 4. The van der Waals surface area contributed by atoms with Gasteiger partial charge in [0.15, 0.2) is 11.4 Å². The van der Waals surface area contributed by atoms with Gasteiger partial charge in [-0.3, -0.25) is 4.52 Å². The second-order valence-electron chi connectivity index (χ2n) is 4.83. The number of phosphoric ester groups is 1. The van der Waals surface area contributed by atoms with Crippen molar-refractivity contribution in [3.63, 3.8) is 0 Å². The minimum absolute atomic E-state index is 0.0439. The maximum atomic E-state index is 11.7. The second kappa shape index (κ2) is 7.72. The fraction of sp³-hybridized carbons (Fsp3) is 0.583. The van der Waals surface area contributed by atoms with E-state index in [1.807, 2.05) is 0 Å². The molecule has 24 heavy (non-hydrogen) atoms. The Morgan fingerprint density at radius 2 is 1.75 bits per heavy atom. The summed E-state index contributed by atoms with van der Waals surface area (Å²) in [6, 6.07) is 0. The van der Waals surface area contributed by atoms with Crippen LogP contribution < -0.4 is 5.32 Å². The molecule has 0 aromatic carbocycles. The van der Waals surface area contributed by atoms with E-state index in [1.54, 1.807) is 6.92 Å². The Kier molecular flexibility index (Phi) is 7.10. The number of amides is 1. The fourth-order valence-corrected chi connectivity index (χ4v) is 4.63. The third-order valence-electron chi connectivity index (χ3n) is 3.60. The molecule has 0 heterocycles. The van der Waals surface area contributed by atoms with E-state index in [-0.39, 0.29) is 27.9 Å². The highest BCUT2D eigenvalue weighted by Crippen LogP contribution is 2.61. The van der Waals surface area contributed by atoms with Crippen LogP contribution in [-0.4, -0.2) is 33.4 Å². The first-order chi connectivity index (χ1) is 10.9. The number of hydrogen-bond acceptors (Lipinski definition) is 4. The highest BCUT2D eigenvalue weighted by molar-refractivity contribution is 7.46. The maximum Gasteiger partial charge on any atom is 0.470 e. The molecule has 0 spiro atoms. The van der Waals surface area contributed by atoms with Crippen molar-refractivity contribution in [2.24, 2.45) is 0 Å². The summed E-state index contributed by atoms with van der Waals surface area (Å²) in [4.78, 5) is 28.7. The summed E-state index contributed by atoms with van der Waals surface area (Å²) in [5.74, 6) is -0.430. The molecule has 7 nitrogen and oxygen atoms in total. The maximum absolute atomic E-state index is 11.7. The Hall–Kier alpha value is 0.0200. The Balaban J connectivity index is 3.78. The molecule has 1 rings (SSSR count). The number of hydrogen-bond donors (Lipinski definition) is 3. The number of alkyl carbamates (subject to hydrolysis) is 1. The van der Waals surface area contributed by atoms with Crippen LogP contribution in [0.15, 0.2) is 20.9 Å². The normalized spacial score (nSPS) is 28.2. The molecule has 12 heteroatoms. The van der Waals surface area contributed by atoms with E-state index >= 15 is 0 Å². The van der Waals surface area contributed by atoms with Crippen molar-refractivity contribution in [1.29, 1.82) is 0 Å². The molecule has 2 unspecified atom stereocenters. The van der Waals surface area contributed by atoms with Gasteiger partial charge in [0.25, 0.3) is 0 Å². The number of rotatable bonds is 5. The predicted molar refractivity (Wildman–Crippen MR) is 92.2 cm³/mol. The van der Waals surface area contributed by atoms with Crippen molar-refractivity contribution >= 4 is 60.3 Å². The number of ether oxygens (including phenoxy) is 1. The van der Waals surface area contributed by atoms with Gasteiger partial charge in [0.2, 0.25) is 0 Å². The molecule has 0 fully saturated rings. The van der Waals surface area contributed by atoms with Crippen LogP contribution >= 0.6 is 54.2 Å². The number of carbonyl (C=O) groups is 1. The molecule has 0 aliphatic heterocycles. The van der Waals surface area contributed by atoms with Gasteiger partial charge in [-0.2, -0.15) is 0 Å². The molecule has 1 amide bonds. The lowest BCUT2D eigenvalue weighted by atomic mass is 9.77. The first-order valence-electron chi connectivity index (χ1n) is 6.71. The molecule has 3 N–H and O–H groups in total. The summed E-state index contributed by atoms with van der Waals surface area (Å²) in [6.07, 6.45) is -1.03. The van der Waals surface area contributed by atoms with Crippen molar-refractivity contribution in [3.05, 3.63) is 20.9 Å². The van der Waals surface area contributed by atoms with Gasteiger partial charge >= 0.3 is 13.9 Å². The molecule has 1 aliphatic rings. The van der Waals surface area contributed by atoms with Gasteiger partial charge in [0.05, 0.1) is 10.1 Å². The molecule has 2 atom stereocenters. The summed E-state index contributed by atoms with van der Waals surface area (Å²) in [5, 5.41) is 1.49. The van der Waals surface area contributed by atoms with Crippen LogP contribution in [0.5, 0.6) is 0 Å². The van der Waals surface area contributed by atoms with Crippen LogP contribution in [-0.2, 0) is 13.8 Å². The van der Waals surface area contributed by atoms with Crippen LogP contribution in [0.2, 0.25) is 0 Å². The van der Waals surface area contributed by atoms with Crippen molar-refractivity contribution < 1.29 is 28.4 Å². The number of allylic oxidation sites excluding steroid dienone is 2. The second-order valence-corrected chi connectivity index (χ2v) is 7.77. The zero-order valence-corrected chi connectivity index (χ0v) is 16.8. The standard InChI is InChI=1S/C12H16Cl4NO6P/c1-4-11(16)8(15)6(13)7(14)9(22-10(18)17-3)12(11,5-2)23-24(19,20)21/h4-5H2,1-3H3,(H,17,18)(H2,19,20,21). The van der Waals surface area contributed by atoms with Crippen LogP contribution in [0, 0.1) is 0 Å². The predicted octanol–water partition coefficient (Wildman–Crippen LogP) is 4.14. The van der Waals surface area contributed by atoms with Gasteiger partial charge in [0, 0.05) is 7.05 Å². The third-order valence-corrected chi connectivity index (χ3v) is 6.45. The minimum atomic E-state index is -5.08. The van der Waals surface area contributed by atoms with Gasteiger partial charge in [-0.15, -0.1) is 11.6 Å². The zero-order valence-electron chi connectivity index (χ0n) is 12.9. The van der Waals surface area contributed by atoms with Crippen LogP contribution in [0.3, 0.4) is 0 Å². The Bertz CT molecular complexity index is 647. The Labute approximate surface area is 159 Å². The quantitative estimate of drug-likeness (QED) is 0.436. The van der Waals surface area contributed by atoms with E-state index in [0.717, 1.165) is 0 Å². The zero-order chi connectivity index (χ0) is 18.9. The van der Waals surface area contributed by atoms with Crippen molar-refractivity contribution in [2.45, 2.75) is 37.2 Å². The number of nitrogens with one attached hydrogen (secondary N) is 1. The van der Waals surface area contributed by atoms with E-state index in [1.165, 1.54) is 14.0 Å². The minimum Gasteiger partial charge on any atom is -0.410 e. The lowest BCUT2D eigenvalue weighted by molar-refractivity contribution is -0.00463. The molecule has 0 saturated heterocycles. The Morgan fingerprint density at radius 3 is 2.12 bits per heavy atom. The average Bonchev–Trinajstić information content (AvgIpc) is 2.52. The summed E-state index contributed by atoms with van der Waals surface area (Å²) >= 11 is 25.0. The molecule has 1 aliphatic carbocycles. The summed E-state index contributed by atoms with van der Waals surface area (Å²) < 4.78 is 21.6. The lowest BCUT2D eigenvalue weighted by Crippen LogP contribution is -2.56. The molecule has 0 radical (unpaired) electrons. The van der Waals surface area contributed by atoms with Crippen molar-refractivity contribution in [3.8, 4) is 0 Å². The van der Waals surface area contributed by atoms with Crippen LogP contribution in [0.1, 0.15) is 26.7 Å². The smallest absolute Gasteiger partial charge is 0.410 e. The third kappa shape index (κ3) is 3.74.